The molecule has 1 aliphatic carbocycles. The molecule has 0 saturated heterocycles. The Kier molecular flexibility index (Phi) is 3.89. The summed E-state index contributed by atoms with van der Waals surface area (Å²) in [6.07, 6.45) is 3.71. The highest BCUT2D eigenvalue weighted by molar-refractivity contribution is 6.03. The van der Waals surface area contributed by atoms with Gasteiger partial charge in [0.15, 0.2) is 0 Å². The molecule has 4 nitrogen and oxygen atoms in total. The van der Waals surface area contributed by atoms with Crippen LogP contribution in [0.4, 0.5) is 11.4 Å². The molecule has 1 aliphatic heterocycles. The minimum atomic E-state index is -0.194. The molecule has 0 radical (unpaired) electrons. The minimum Gasteiger partial charge on any atom is -0.372 e. The maximum absolute atomic E-state index is 12.1. The summed E-state index contributed by atoms with van der Waals surface area (Å²) in [5, 5.41) is 6.32. The molecule has 1 saturated carbocycles. The second-order valence-electron chi connectivity index (χ2n) is 6.34. The SMILES string of the molecule is CCCNC1C(=O)Nc2cc(N(C)C(C)C3CC3)ccc21. The van der Waals surface area contributed by atoms with E-state index in [1.54, 1.807) is 0 Å². The number of carbonyl (C=O) groups is 1. The molecule has 1 aromatic rings. The lowest BCUT2D eigenvalue weighted by molar-refractivity contribution is -0.117. The van der Waals surface area contributed by atoms with E-state index in [9.17, 15) is 4.79 Å². The van der Waals surface area contributed by atoms with Crippen molar-refractivity contribution in [3.63, 3.8) is 0 Å². The summed E-state index contributed by atoms with van der Waals surface area (Å²) in [5.41, 5.74) is 3.22. The number of rotatable bonds is 6. The summed E-state index contributed by atoms with van der Waals surface area (Å²) >= 11 is 0. The first-order valence-corrected chi connectivity index (χ1v) is 8.03. The highest BCUT2D eigenvalue weighted by Gasteiger charge is 2.33. The number of carbonyl (C=O) groups excluding carboxylic acids is 1. The molecule has 21 heavy (non-hydrogen) atoms. The Morgan fingerprint density at radius 3 is 2.86 bits per heavy atom. The molecule has 0 spiro atoms. The Labute approximate surface area is 126 Å². The second-order valence-corrected chi connectivity index (χ2v) is 6.34. The van der Waals surface area contributed by atoms with Gasteiger partial charge in [-0.3, -0.25) is 4.79 Å². The highest BCUT2D eigenvalue weighted by Crippen LogP contribution is 2.38. The van der Waals surface area contributed by atoms with E-state index in [0.29, 0.717) is 6.04 Å². The number of nitrogens with zero attached hydrogens (tertiary/aromatic N) is 1. The molecular weight excluding hydrogens is 262 g/mol. The van der Waals surface area contributed by atoms with Crippen LogP contribution in [0.2, 0.25) is 0 Å². The van der Waals surface area contributed by atoms with Gasteiger partial charge in [-0.1, -0.05) is 13.0 Å². The third kappa shape index (κ3) is 2.77. The third-order valence-electron chi connectivity index (χ3n) is 4.79. The van der Waals surface area contributed by atoms with E-state index in [0.717, 1.165) is 30.1 Å². The van der Waals surface area contributed by atoms with Gasteiger partial charge in [0, 0.05) is 30.0 Å². The van der Waals surface area contributed by atoms with Crippen molar-refractivity contribution in [2.75, 3.05) is 23.8 Å². The number of hydrogen-bond acceptors (Lipinski definition) is 3. The summed E-state index contributed by atoms with van der Waals surface area (Å²) in [6, 6.07) is 6.71. The second kappa shape index (κ2) is 5.68. The van der Waals surface area contributed by atoms with Crippen LogP contribution in [-0.4, -0.2) is 25.5 Å². The largest absolute Gasteiger partial charge is 0.372 e. The average Bonchev–Trinajstić information content (AvgIpc) is 3.27. The van der Waals surface area contributed by atoms with E-state index in [4.69, 9.17) is 0 Å². The molecule has 0 bridgehead atoms. The molecule has 2 unspecified atom stereocenters. The third-order valence-corrected chi connectivity index (χ3v) is 4.79. The highest BCUT2D eigenvalue weighted by atomic mass is 16.2. The lowest BCUT2D eigenvalue weighted by Crippen LogP contribution is -2.30. The van der Waals surface area contributed by atoms with Crippen LogP contribution < -0.4 is 15.5 Å². The van der Waals surface area contributed by atoms with Crippen molar-refractivity contribution in [1.29, 1.82) is 0 Å². The summed E-state index contributed by atoms with van der Waals surface area (Å²) < 4.78 is 0. The zero-order chi connectivity index (χ0) is 15.0. The van der Waals surface area contributed by atoms with Gasteiger partial charge in [0.25, 0.3) is 0 Å². The average molecular weight is 287 g/mol. The summed E-state index contributed by atoms with van der Waals surface area (Å²) in [6.45, 7) is 5.26. The van der Waals surface area contributed by atoms with Gasteiger partial charge in [0.1, 0.15) is 6.04 Å². The van der Waals surface area contributed by atoms with Gasteiger partial charge >= 0.3 is 0 Å². The fourth-order valence-electron chi connectivity index (χ4n) is 3.09. The predicted molar refractivity (Wildman–Crippen MR) is 86.7 cm³/mol. The molecular formula is C17H25N3O. The van der Waals surface area contributed by atoms with E-state index < -0.39 is 0 Å². The van der Waals surface area contributed by atoms with Crippen molar-refractivity contribution >= 4 is 17.3 Å². The number of anilines is 2. The molecule has 2 aliphatic rings. The van der Waals surface area contributed by atoms with Gasteiger partial charge in [0.05, 0.1) is 0 Å². The zero-order valence-electron chi connectivity index (χ0n) is 13.1. The standard InChI is InChI=1S/C17H25N3O/c1-4-9-18-16-14-8-7-13(10-15(14)19-17(16)21)20(3)11(2)12-5-6-12/h7-8,10-12,16,18H,4-6,9H2,1-3H3,(H,19,21). The maximum Gasteiger partial charge on any atom is 0.246 e. The Balaban J connectivity index is 1.79. The van der Waals surface area contributed by atoms with Gasteiger partial charge in [0.2, 0.25) is 5.91 Å². The van der Waals surface area contributed by atoms with Crippen LogP contribution in [-0.2, 0) is 4.79 Å². The molecule has 2 N–H and O–H groups in total. The number of benzene rings is 1. The van der Waals surface area contributed by atoms with E-state index in [2.05, 4.69) is 54.6 Å². The van der Waals surface area contributed by atoms with Crippen LogP contribution in [0.15, 0.2) is 18.2 Å². The first-order chi connectivity index (χ1) is 10.1. The van der Waals surface area contributed by atoms with E-state index in [1.807, 2.05) is 0 Å². The predicted octanol–water partition coefficient (Wildman–Crippen LogP) is 2.91. The first-order valence-electron chi connectivity index (χ1n) is 8.03. The van der Waals surface area contributed by atoms with Crippen molar-refractivity contribution in [3.8, 4) is 0 Å². The van der Waals surface area contributed by atoms with Gasteiger partial charge < -0.3 is 15.5 Å². The van der Waals surface area contributed by atoms with Crippen LogP contribution in [0.1, 0.15) is 44.7 Å². The number of hydrogen-bond donors (Lipinski definition) is 2. The van der Waals surface area contributed by atoms with E-state index in [-0.39, 0.29) is 11.9 Å². The Bertz CT molecular complexity index is 539. The number of amides is 1. The quantitative estimate of drug-likeness (QED) is 0.845. The lowest BCUT2D eigenvalue weighted by Gasteiger charge is -2.27. The molecule has 114 valence electrons. The van der Waals surface area contributed by atoms with Gasteiger partial charge in [-0.2, -0.15) is 0 Å². The molecule has 1 aromatic carbocycles. The van der Waals surface area contributed by atoms with Crippen molar-refractivity contribution < 1.29 is 4.79 Å². The van der Waals surface area contributed by atoms with Gasteiger partial charge in [-0.25, -0.2) is 0 Å². The van der Waals surface area contributed by atoms with Gasteiger partial charge in [-0.15, -0.1) is 0 Å². The maximum atomic E-state index is 12.1. The first kappa shape index (κ1) is 14.4. The number of nitrogens with one attached hydrogen (secondary N) is 2. The molecule has 2 atom stereocenters. The molecule has 1 amide bonds. The summed E-state index contributed by atoms with van der Waals surface area (Å²) in [5.74, 6) is 0.894. The Morgan fingerprint density at radius 2 is 2.19 bits per heavy atom. The van der Waals surface area contributed by atoms with Crippen LogP contribution in [0.25, 0.3) is 0 Å². The van der Waals surface area contributed by atoms with Crippen molar-refractivity contribution in [2.24, 2.45) is 5.92 Å². The smallest absolute Gasteiger partial charge is 0.246 e. The monoisotopic (exact) mass is 287 g/mol. The van der Waals surface area contributed by atoms with Crippen LogP contribution in [0.5, 0.6) is 0 Å². The molecule has 4 heteroatoms. The molecule has 0 aromatic heterocycles. The normalized spacial score (nSPS) is 21.9. The number of fused-ring (bicyclic) bond motifs is 1. The van der Waals surface area contributed by atoms with Crippen molar-refractivity contribution in [1.82, 2.24) is 5.32 Å². The minimum absolute atomic E-state index is 0.0634. The summed E-state index contributed by atoms with van der Waals surface area (Å²) in [4.78, 5) is 14.4. The fraction of sp³-hybridized carbons (Fsp3) is 0.588. The fourth-order valence-corrected chi connectivity index (χ4v) is 3.09. The Morgan fingerprint density at radius 1 is 1.43 bits per heavy atom. The topological polar surface area (TPSA) is 44.4 Å². The Hall–Kier alpha value is -1.55. The van der Waals surface area contributed by atoms with Gasteiger partial charge in [-0.05, 0) is 50.8 Å². The van der Waals surface area contributed by atoms with E-state index in [1.165, 1.54) is 18.5 Å². The zero-order valence-corrected chi connectivity index (χ0v) is 13.1. The van der Waals surface area contributed by atoms with E-state index >= 15 is 0 Å². The van der Waals surface area contributed by atoms with Crippen molar-refractivity contribution in [2.45, 2.75) is 45.2 Å². The lowest BCUT2D eigenvalue weighted by atomic mass is 10.1. The molecule has 1 heterocycles. The summed E-state index contributed by atoms with van der Waals surface area (Å²) in [7, 11) is 2.15. The molecule has 1 fully saturated rings. The van der Waals surface area contributed by atoms with Crippen LogP contribution >= 0.6 is 0 Å². The van der Waals surface area contributed by atoms with Crippen LogP contribution in [0, 0.1) is 5.92 Å². The van der Waals surface area contributed by atoms with Crippen LogP contribution in [0.3, 0.4) is 0 Å². The van der Waals surface area contributed by atoms with Crippen molar-refractivity contribution in [3.05, 3.63) is 23.8 Å². The molecule has 3 rings (SSSR count).